The van der Waals surface area contributed by atoms with Crippen molar-refractivity contribution in [3.63, 3.8) is 0 Å². The molecule has 0 N–H and O–H groups in total. The average molecular weight is 181 g/mol. The molecule has 1 radical (unpaired) electrons. The van der Waals surface area contributed by atoms with Gasteiger partial charge < -0.3 is 0 Å². The molecule has 0 aromatic rings. The second-order valence-corrected chi connectivity index (χ2v) is 4.98. The van der Waals surface area contributed by atoms with Gasteiger partial charge in [-0.2, -0.15) is 5.26 Å². The monoisotopic (exact) mass is 181 g/mol. The molecule has 3 nitrogen and oxygen atoms in total. The van der Waals surface area contributed by atoms with Gasteiger partial charge in [0.25, 0.3) is 0 Å². The first kappa shape index (κ1) is 10.5. The van der Waals surface area contributed by atoms with Crippen LogP contribution in [-0.2, 0) is 5.21 Å². The molecule has 0 saturated carbocycles. The van der Waals surface area contributed by atoms with Crippen molar-refractivity contribution >= 4 is 0 Å². The summed E-state index contributed by atoms with van der Waals surface area (Å²) in [6.45, 7) is 7.59. The molecule has 13 heavy (non-hydrogen) atoms. The topological polar surface area (TPSA) is 46.9 Å². The van der Waals surface area contributed by atoms with Gasteiger partial charge in [0.2, 0.25) is 0 Å². The summed E-state index contributed by atoms with van der Waals surface area (Å²) in [6, 6.07) is 2.22. The maximum atomic E-state index is 11.9. The van der Waals surface area contributed by atoms with Crippen LogP contribution in [0, 0.1) is 17.2 Å². The zero-order valence-corrected chi connectivity index (χ0v) is 8.79. The fourth-order valence-electron chi connectivity index (χ4n) is 2.10. The molecule has 1 unspecified atom stereocenters. The van der Waals surface area contributed by atoms with E-state index >= 15 is 0 Å². The number of hydrogen-bond donors (Lipinski definition) is 0. The molecule has 0 spiro atoms. The Balaban J connectivity index is 2.94. The van der Waals surface area contributed by atoms with Crippen LogP contribution in [0.5, 0.6) is 0 Å². The predicted octanol–water partition coefficient (Wildman–Crippen LogP) is 2.12. The Kier molecular flexibility index (Phi) is 2.40. The van der Waals surface area contributed by atoms with Gasteiger partial charge in [-0.15, -0.1) is 10.3 Å². The van der Waals surface area contributed by atoms with Crippen LogP contribution < -0.4 is 0 Å². The molecule has 1 heterocycles. The van der Waals surface area contributed by atoms with E-state index in [1.807, 2.05) is 27.7 Å². The van der Waals surface area contributed by atoms with E-state index in [4.69, 9.17) is 5.26 Å². The third-order valence-corrected chi connectivity index (χ3v) is 3.13. The minimum Gasteiger partial charge on any atom is -0.198 e. The predicted molar refractivity (Wildman–Crippen MR) is 49.0 cm³/mol. The molecule has 1 atom stereocenters. The molecule has 1 rings (SSSR count). The molecule has 0 aromatic carbocycles. The molecule has 0 amide bonds. The van der Waals surface area contributed by atoms with Gasteiger partial charge in [0.05, 0.1) is 17.5 Å². The molecule has 1 fully saturated rings. The summed E-state index contributed by atoms with van der Waals surface area (Å²) in [5.41, 5.74) is -0.868. The molecule has 0 bridgehead atoms. The summed E-state index contributed by atoms with van der Waals surface area (Å²) >= 11 is 0. The fourth-order valence-corrected chi connectivity index (χ4v) is 2.10. The van der Waals surface area contributed by atoms with Gasteiger partial charge >= 0.3 is 0 Å². The highest BCUT2D eigenvalue weighted by molar-refractivity contribution is 5.05. The summed E-state index contributed by atoms with van der Waals surface area (Å²) in [6.07, 6.45) is 1.63. The lowest BCUT2D eigenvalue weighted by atomic mass is 9.75. The van der Waals surface area contributed by atoms with Crippen LogP contribution >= 0.6 is 0 Å². The van der Waals surface area contributed by atoms with Crippen molar-refractivity contribution in [2.45, 2.75) is 51.6 Å². The largest absolute Gasteiger partial charge is 0.198 e. The van der Waals surface area contributed by atoms with Crippen molar-refractivity contribution in [3.05, 3.63) is 0 Å². The van der Waals surface area contributed by atoms with E-state index in [1.165, 1.54) is 0 Å². The molecule has 73 valence electrons. The number of nitrogens with zero attached hydrogens (tertiary/aromatic N) is 2. The van der Waals surface area contributed by atoms with Crippen LogP contribution in [0.25, 0.3) is 0 Å². The van der Waals surface area contributed by atoms with Gasteiger partial charge in [0.1, 0.15) is 0 Å². The highest BCUT2D eigenvalue weighted by Gasteiger charge is 2.48. The molecule has 1 aliphatic rings. The van der Waals surface area contributed by atoms with Crippen LogP contribution in [0.15, 0.2) is 0 Å². The highest BCUT2D eigenvalue weighted by atomic mass is 16.5. The first-order valence-corrected chi connectivity index (χ1v) is 4.69. The first-order chi connectivity index (χ1) is 5.82. The van der Waals surface area contributed by atoms with E-state index in [0.29, 0.717) is 0 Å². The van der Waals surface area contributed by atoms with Crippen molar-refractivity contribution in [2.24, 2.45) is 5.92 Å². The van der Waals surface area contributed by atoms with Gasteiger partial charge in [0.15, 0.2) is 0 Å². The van der Waals surface area contributed by atoms with E-state index in [9.17, 15) is 5.21 Å². The van der Waals surface area contributed by atoms with Gasteiger partial charge in [-0.3, -0.25) is 0 Å². The Hall–Kier alpha value is -0.590. The maximum absolute atomic E-state index is 11.9. The Labute approximate surface area is 79.9 Å². The van der Waals surface area contributed by atoms with E-state index in [-0.39, 0.29) is 11.5 Å². The smallest absolute Gasteiger partial charge is 0.0676 e. The fraction of sp³-hybridized carbons (Fsp3) is 0.900. The van der Waals surface area contributed by atoms with E-state index in [0.717, 1.165) is 17.9 Å². The van der Waals surface area contributed by atoms with Crippen molar-refractivity contribution in [2.75, 3.05) is 0 Å². The van der Waals surface area contributed by atoms with Crippen LogP contribution in [0.2, 0.25) is 0 Å². The standard InChI is InChI=1S/C10H17N2O/c1-9(2)6-5-8(7-11)10(3,4)12(9)13/h8H,5-6H2,1-4H3. The van der Waals surface area contributed by atoms with Crippen LogP contribution in [0.4, 0.5) is 0 Å². The average Bonchev–Trinajstić information content (AvgIpc) is 2.01. The van der Waals surface area contributed by atoms with Gasteiger partial charge in [-0.1, -0.05) is 0 Å². The van der Waals surface area contributed by atoms with Crippen molar-refractivity contribution in [1.29, 1.82) is 5.26 Å². The Morgan fingerprint density at radius 2 is 1.92 bits per heavy atom. The summed E-state index contributed by atoms with van der Waals surface area (Å²) in [5.74, 6) is -0.141. The first-order valence-electron chi connectivity index (χ1n) is 4.69. The lowest BCUT2D eigenvalue weighted by Gasteiger charge is -2.49. The molecule has 3 heteroatoms. The molecule has 1 aliphatic heterocycles. The lowest BCUT2D eigenvalue weighted by molar-refractivity contribution is -0.295. The SMILES string of the molecule is CC1(C)CCC(C#N)C(C)(C)N1[O]. The van der Waals surface area contributed by atoms with Crippen LogP contribution in [-0.4, -0.2) is 16.1 Å². The van der Waals surface area contributed by atoms with Crippen molar-refractivity contribution in [3.8, 4) is 6.07 Å². The molecule has 0 aliphatic carbocycles. The maximum Gasteiger partial charge on any atom is 0.0676 e. The van der Waals surface area contributed by atoms with E-state index in [2.05, 4.69) is 6.07 Å². The minimum absolute atomic E-state index is 0.141. The van der Waals surface area contributed by atoms with Gasteiger partial charge in [0, 0.05) is 5.54 Å². The molecular formula is C10H17N2O. The lowest BCUT2D eigenvalue weighted by Crippen LogP contribution is -2.59. The minimum atomic E-state index is -0.545. The summed E-state index contributed by atoms with van der Waals surface area (Å²) < 4.78 is 0. The number of piperidine rings is 1. The zero-order valence-electron chi connectivity index (χ0n) is 8.79. The molecule has 1 saturated heterocycles. The second-order valence-electron chi connectivity index (χ2n) is 4.98. The second kappa shape index (κ2) is 2.97. The zero-order chi connectivity index (χ0) is 10.3. The number of nitriles is 1. The molecular weight excluding hydrogens is 164 g/mol. The van der Waals surface area contributed by atoms with Crippen LogP contribution in [0.1, 0.15) is 40.5 Å². The number of hydroxylamine groups is 2. The summed E-state index contributed by atoms with van der Waals surface area (Å²) in [4.78, 5) is 0. The van der Waals surface area contributed by atoms with Gasteiger partial charge in [-0.25, -0.2) is 0 Å². The Morgan fingerprint density at radius 3 is 2.38 bits per heavy atom. The Morgan fingerprint density at radius 1 is 1.38 bits per heavy atom. The quantitative estimate of drug-likeness (QED) is 0.574. The summed E-state index contributed by atoms with van der Waals surface area (Å²) in [5, 5.41) is 21.9. The van der Waals surface area contributed by atoms with Crippen molar-refractivity contribution in [1.82, 2.24) is 5.06 Å². The van der Waals surface area contributed by atoms with E-state index < -0.39 is 5.54 Å². The van der Waals surface area contributed by atoms with E-state index in [1.54, 1.807) is 0 Å². The van der Waals surface area contributed by atoms with Gasteiger partial charge in [-0.05, 0) is 40.5 Å². The van der Waals surface area contributed by atoms with Crippen molar-refractivity contribution < 1.29 is 5.21 Å². The number of rotatable bonds is 0. The van der Waals surface area contributed by atoms with Crippen LogP contribution in [0.3, 0.4) is 0 Å². The third kappa shape index (κ3) is 1.56. The number of hydrogen-bond acceptors (Lipinski definition) is 2. The normalized spacial score (nSPS) is 32.5. The highest BCUT2D eigenvalue weighted by Crippen LogP contribution is 2.40. The third-order valence-electron chi connectivity index (χ3n) is 3.13. The molecule has 0 aromatic heterocycles. The summed E-state index contributed by atoms with van der Waals surface area (Å²) in [7, 11) is 0. The Bertz CT molecular complexity index is 240.